The number of nitrogens with one attached hydrogen (secondary N) is 1. The smallest absolute Gasteiger partial charge is 0.322 e. The Balaban J connectivity index is 1.79. The molecule has 3 heterocycles. The molecule has 2 N–H and O–H groups in total. The lowest BCUT2D eigenvalue weighted by atomic mass is 10.2. The number of carboxylic acid groups (broad SMARTS) is 1. The van der Waals surface area contributed by atoms with E-state index in [0.29, 0.717) is 23.5 Å². The van der Waals surface area contributed by atoms with E-state index in [2.05, 4.69) is 25.4 Å². The van der Waals surface area contributed by atoms with Crippen molar-refractivity contribution in [3.63, 3.8) is 0 Å². The molecule has 24 heavy (non-hydrogen) atoms. The van der Waals surface area contributed by atoms with Crippen molar-refractivity contribution in [1.82, 2.24) is 20.1 Å². The van der Waals surface area contributed by atoms with Crippen LogP contribution in [0.4, 0.5) is 11.8 Å². The number of anilines is 2. The first-order valence-corrected chi connectivity index (χ1v) is 7.93. The van der Waals surface area contributed by atoms with Crippen LogP contribution in [-0.2, 0) is 4.79 Å². The molecule has 0 bridgehead atoms. The molecule has 0 saturated carbocycles. The number of nitrogens with zero attached hydrogens (tertiary/aromatic N) is 5. The molecule has 2 aromatic heterocycles. The minimum atomic E-state index is -0.943. The van der Waals surface area contributed by atoms with Gasteiger partial charge in [-0.2, -0.15) is 9.97 Å². The van der Waals surface area contributed by atoms with Crippen LogP contribution >= 0.6 is 0 Å². The zero-order valence-electron chi connectivity index (χ0n) is 13.6. The van der Waals surface area contributed by atoms with Gasteiger partial charge in [0, 0.05) is 18.7 Å². The van der Waals surface area contributed by atoms with Crippen molar-refractivity contribution in [3.05, 3.63) is 24.0 Å². The Morgan fingerprint density at radius 3 is 3.04 bits per heavy atom. The van der Waals surface area contributed by atoms with Crippen molar-refractivity contribution in [3.8, 4) is 0 Å². The van der Waals surface area contributed by atoms with Gasteiger partial charge in [0.2, 0.25) is 11.8 Å². The molecule has 0 radical (unpaired) electrons. The number of hydrogen-bond donors (Lipinski definition) is 2. The Morgan fingerprint density at radius 1 is 1.50 bits per heavy atom. The Hall–Kier alpha value is -2.71. The molecule has 0 unspecified atom stereocenters. The number of aromatic nitrogens is 4. The third-order valence-corrected chi connectivity index (χ3v) is 3.83. The topological polar surface area (TPSA) is 117 Å². The molecule has 0 aliphatic carbocycles. The second kappa shape index (κ2) is 6.81. The Morgan fingerprint density at radius 2 is 2.33 bits per heavy atom. The summed E-state index contributed by atoms with van der Waals surface area (Å²) in [6.07, 6.45) is 3.46. The summed E-state index contributed by atoms with van der Waals surface area (Å²) in [7, 11) is 0. The number of rotatable bonds is 6. The first kappa shape index (κ1) is 16.2. The van der Waals surface area contributed by atoms with E-state index in [1.165, 1.54) is 0 Å². The highest BCUT2D eigenvalue weighted by molar-refractivity contribution is 5.72. The van der Waals surface area contributed by atoms with Crippen LogP contribution in [0.5, 0.6) is 0 Å². The fraction of sp³-hybridized carbons (Fsp3) is 0.533. The number of aliphatic carboxylic acids is 1. The molecule has 2 aromatic rings. The monoisotopic (exact) mass is 332 g/mol. The van der Waals surface area contributed by atoms with Gasteiger partial charge in [-0.1, -0.05) is 19.0 Å². The van der Waals surface area contributed by atoms with Gasteiger partial charge in [-0.15, -0.1) is 0 Å². The molecule has 9 heteroatoms. The molecule has 1 aliphatic heterocycles. The van der Waals surface area contributed by atoms with E-state index in [9.17, 15) is 4.79 Å². The summed E-state index contributed by atoms with van der Waals surface area (Å²) in [5.41, 5.74) is 0. The van der Waals surface area contributed by atoms with E-state index in [4.69, 9.17) is 9.63 Å². The quantitative estimate of drug-likeness (QED) is 0.816. The molecular formula is C15H20N6O3. The first-order valence-electron chi connectivity index (χ1n) is 7.93. The lowest BCUT2D eigenvalue weighted by molar-refractivity contribution is -0.134. The van der Waals surface area contributed by atoms with Gasteiger partial charge >= 0.3 is 5.97 Å². The standard InChI is InChI=1S/C15H20N6O3/c1-9(2)13-19-14(24-20-13)10-4-3-7-21(10)15-16-6-5-11(18-15)17-8-12(22)23/h5-6,9-10H,3-4,7-8H2,1-2H3,(H,22,23)(H,16,17,18)/t10-/m0/s1. The normalized spacial score (nSPS) is 17.5. The first-order chi connectivity index (χ1) is 11.5. The van der Waals surface area contributed by atoms with Crippen LogP contribution in [0, 0.1) is 0 Å². The van der Waals surface area contributed by atoms with Gasteiger partial charge in [-0.05, 0) is 18.9 Å². The van der Waals surface area contributed by atoms with Crippen LogP contribution in [0.1, 0.15) is 50.4 Å². The Kier molecular flexibility index (Phi) is 4.59. The number of hydrogen-bond acceptors (Lipinski definition) is 8. The van der Waals surface area contributed by atoms with Crippen molar-refractivity contribution in [2.24, 2.45) is 0 Å². The molecule has 0 amide bonds. The molecule has 1 aliphatic rings. The van der Waals surface area contributed by atoms with Gasteiger partial charge in [0.15, 0.2) is 5.82 Å². The lowest BCUT2D eigenvalue weighted by Crippen LogP contribution is -2.25. The summed E-state index contributed by atoms with van der Waals surface area (Å²) in [5.74, 6) is 1.52. The van der Waals surface area contributed by atoms with E-state index in [-0.39, 0.29) is 18.5 Å². The average Bonchev–Trinajstić information content (AvgIpc) is 3.21. The summed E-state index contributed by atoms with van der Waals surface area (Å²) < 4.78 is 5.42. The Bertz CT molecular complexity index is 717. The highest BCUT2D eigenvalue weighted by Crippen LogP contribution is 2.34. The van der Waals surface area contributed by atoms with E-state index in [0.717, 1.165) is 19.4 Å². The van der Waals surface area contributed by atoms with E-state index in [1.807, 2.05) is 18.7 Å². The van der Waals surface area contributed by atoms with Crippen molar-refractivity contribution >= 4 is 17.7 Å². The highest BCUT2D eigenvalue weighted by atomic mass is 16.5. The Labute approximate surface area is 139 Å². The van der Waals surface area contributed by atoms with Crippen LogP contribution in [-0.4, -0.2) is 44.3 Å². The van der Waals surface area contributed by atoms with E-state index in [1.54, 1.807) is 12.3 Å². The maximum absolute atomic E-state index is 10.7. The highest BCUT2D eigenvalue weighted by Gasteiger charge is 2.32. The molecule has 1 fully saturated rings. The second-order valence-corrected chi connectivity index (χ2v) is 5.99. The predicted molar refractivity (Wildman–Crippen MR) is 85.9 cm³/mol. The van der Waals surface area contributed by atoms with Crippen LogP contribution in [0.2, 0.25) is 0 Å². The molecule has 3 rings (SSSR count). The molecule has 128 valence electrons. The predicted octanol–water partition coefficient (Wildman–Crippen LogP) is 1.82. The van der Waals surface area contributed by atoms with Gasteiger partial charge in [0.05, 0.1) is 0 Å². The summed E-state index contributed by atoms with van der Waals surface area (Å²) in [6, 6.07) is 1.58. The molecular weight excluding hydrogens is 312 g/mol. The van der Waals surface area contributed by atoms with Gasteiger partial charge in [-0.3, -0.25) is 4.79 Å². The van der Waals surface area contributed by atoms with Crippen LogP contribution in [0.3, 0.4) is 0 Å². The van der Waals surface area contributed by atoms with Crippen molar-refractivity contribution in [1.29, 1.82) is 0 Å². The second-order valence-electron chi connectivity index (χ2n) is 5.99. The minimum Gasteiger partial charge on any atom is -0.480 e. The van der Waals surface area contributed by atoms with Crippen LogP contribution < -0.4 is 10.2 Å². The van der Waals surface area contributed by atoms with Crippen molar-refractivity contribution < 1.29 is 14.4 Å². The summed E-state index contributed by atoms with van der Waals surface area (Å²) in [6.45, 7) is 4.62. The van der Waals surface area contributed by atoms with Crippen molar-refractivity contribution in [2.75, 3.05) is 23.3 Å². The fourth-order valence-corrected chi connectivity index (χ4v) is 2.63. The zero-order valence-corrected chi connectivity index (χ0v) is 13.6. The lowest BCUT2D eigenvalue weighted by Gasteiger charge is -2.22. The molecule has 9 nitrogen and oxygen atoms in total. The largest absolute Gasteiger partial charge is 0.480 e. The maximum atomic E-state index is 10.7. The maximum Gasteiger partial charge on any atom is 0.322 e. The van der Waals surface area contributed by atoms with Gasteiger partial charge in [-0.25, -0.2) is 4.98 Å². The third-order valence-electron chi connectivity index (χ3n) is 3.83. The fourth-order valence-electron chi connectivity index (χ4n) is 2.63. The van der Waals surface area contributed by atoms with Crippen LogP contribution in [0.15, 0.2) is 16.8 Å². The van der Waals surface area contributed by atoms with Crippen LogP contribution in [0.25, 0.3) is 0 Å². The minimum absolute atomic E-state index is 0.0558. The van der Waals surface area contributed by atoms with E-state index < -0.39 is 5.97 Å². The zero-order chi connectivity index (χ0) is 17.1. The van der Waals surface area contributed by atoms with Gasteiger partial charge in [0.1, 0.15) is 18.4 Å². The van der Waals surface area contributed by atoms with Gasteiger partial charge in [0.25, 0.3) is 0 Å². The molecule has 0 spiro atoms. The molecule has 1 saturated heterocycles. The number of carbonyl (C=O) groups is 1. The summed E-state index contributed by atoms with van der Waals surface area (Å²) in [5, 5.41) is 15.5. The van der Waals surface area contributed by atoms with E-state index >= 15 is 0 Å². The summed E-state index contributed by atoms with van der Waals surface area (Å²) in [4.78, 5) is 25.9. The van der Waals surface area contributed by atoms with Gasteiger partial charge < -0.3 is 19.8 Å². The summed E-state index contributed by atoms with van der Waals surface area (Å²) >= 11 is 0. The van der Waals surface area contributed by atoms with Crippen molar-refractivity contribution in [2.45, 2.75) is 38.6 Å². The molecule has 1 atom stereocenters. The third kappa shape index (κ3) is 3.44. The average molecular weight is 332 g/mol. The SMILES string of the molecule is CC(C)c1noc([C@@H]2CCCN2c2nccc(NCC(=O)O)n2)n1. The molecule has 0 aromatic carbocycles. The number of carboxylic acids is 1.